The van der Waals surface area contributed by atoms with Gasteiger partial charge in [-0.25, -0.2) is 0 Å². The Labute approximate surface area is 73.2 Å². The zero-order valence-electron chi connectivity index (χ0n) is 7.46. The summed E-state index contributed by atoms with van der Waals surface area (Å²) in [4.78, 5) is 0. The van der Waals surface area contributed by atoms with Crippen LogP contribution in [0.4, 0.5) is 0 Å². The highest BCUT2D eigenvalue weighted by Gasteiger charge is 2.65. The molecule has 64 valence electrons. The lowest BCUT2D eigenvalue weighted by molar-refractivity contribution is 0.323. The smallest absolute Gasteiger partial charge is 0.00205 e. The molecule has 1 heteroatoms. The molecule has 2 bridgehead atoms. The first kappa shape index (κ1) is 6.20. The number of rotatable bonds is 0. The van der Waals surface area contributed by atoms with Crippen LogP contribution in [-0.2, 0) is 0 Å². The van der Waals surface area contributed by atoms with Gasteiger partial charge < -0.3 is 5.32 Å². The van der Waals surface area contributed by atoms with E-state index in [1.807, 2.05) is 5.57 Å². The van der Waals surface area contributed by atoms with Gasteiger partial charge in [0.15, 0.2) is 0 Å². The van der Waals surface area contributed by atoms with Gasteiger partial charge in [0.25, 0.3) is 0 Å². The summed E-state index contributed by atoms with van der Waals surface area (Å²) in [7, 11) is 0. The standard InChI is InChI=1S/C11H15N/c1-5-10-6-2-7(11(5)10)9-4-12-3-8(6)9/h2,5-6,8-12H,3-4H2,1H3/t5-,6-,8+,9-,10?,11+/m1/s1. The first-order chi connectivity index (χ1) is 5.88. The average Bonchev–Trinajstić information content (AvgIpc) is 2.60. The SMILES string of the molecule is C[C@@H]1C2[C@@H]3C=C([C@H]4CNC[C@H]43)[C@@H]21. The molecule has 1 saturated heterocycles. The Kier molecular flexibility index (Phi) is 0.852. The minimum absolute atomic E-state index is 0.959. The number of hydrogen-bond acceptors (Lipinski definition) is 1. The fraction of sp³-hybridized carbons (Fsp3) is 0.818. The first-order valence-corrected chi connectivity index (χ1v) is 5.30. The molecule has 0 aromatic rings. The second kappa shape index (κ2) is 1.65. The number of nitrogens with one attached hydrogen (secondary N) is 1. The topological polar surface area (TPSA) is 12.0 Å². The maximum atomic E-state index is 3.54. The summed E-state index contributed by atoms with van der Waals surface area (Å²) in [6.45, 7) is 5.03. The summed E-state index contributed by atoms with van der Waals surface area (Å²) in [6.07, 6.45) is 2.63. The molecule has 0 radical (unpaired) electrons. The summed E-state index contributed by atoms with van der Waals surface area (Å²) in [5.74, 6) is 6.12. The summed E-state index contributed by atoms with van der Waals surface area (Å²) < 4.78 is 0. The molecule has 4 aliphatic rings. The van der Waals surface area contributed by atoms with Crippen LogP contribution in [0.1, 0.15) is 6.92 Å². The highest BCUT2D eigenvalue weighted by atomic mass is 14.9. The quantitative estimate of drug-likeness (QED) is 0.528. The van der Waals surface area contributed by atoms with E-state index in [-0.39, 0.29) is 0 Å². The van der Waals surface area contributed by atoms with Crippen molar-refractivity contribution in [3.05, 3.63) is 11.6 Å². The van der Waals surface area contributed by atoms with Gasteiger partial charge in [-0.3, -0.25) is 0 Å². The number of hydrogen-bond donors (Lipinski definition) is 1. The molecule has 2 fully saturated rings. The van der Waals surface area contributed by atoms with Crippen LogP contribution in [0, 0.1) is 35.5 Å². The molecule has 0 spiro atoms. The molecule has 6 atom stereocenters. The van der Waals surface area contributed by atoms with Crippen LogP contribution < -0.4 is 5.32 Å². The second-order valence-corrected chi connectivity index (χ2v) is 5.13. The summed E-state index contributed by atoms with van der Waals surface area (Å²) in [5.41, 5.74) is 1.85. The van der Waals surface area contributed by atoms with Crippen molar-refractivity contribution in [1.82, 2.24) is 5.32 Å². The van der Waals surface area contributed by atoms with Crippen molar-refractivity contribution in [3.63, 3.8) is 0 Å². The largest absolute Gasteiger partial charge is 0.316 e. The molecule has 12 heavy (non-hydrogen) atoms. The van der Waals surface area contributed by atoms with E-state index >= 15 is 0 Å². The second-order valence-electron chi connectivity index (χ2n) is 5.13. The van der Waals surface area contributed by atoms with Gasteiger partial charge in [0.2, 0.25) is 0 Å². The molecule has 1 heterocycles. The van der Waals surface area contributed by atoms with Crippen LogP contribution in [0.15, 0.2) is 11.6 Å². The Bertz CT molecular complexity index is 281. The lowest BCUT2D eigenvalue weighted by Crippen LogP contribution is -2.21. The monoisotopic (exact) mass is 161 g/mol. The van der Waals surface area contributed by atoms with Crippen molar-refractivity contribution in [3.8, 4) is 0 Å². The van der Waals surface area contributed by atoms with Crippen LogP contribution >= 0.6 is 0 Å². The van der Waals surface area contributed by atoms with Crippen LogP contribution in [0.5, 0.6) is 0 Å². The van der Waals surface area contributed by atoms with E-state index in [1.54, 1.807) is 0 Å². The molecule has 1 nitrogen and oxygen atoms in total. The van der Waals surface area contributed by atoms with Crippen molar-refractivity contribution in [2.75, 3.05) is 13.1 Å². The van der Waals surface area contributed by atoms with Crippen molar-refractivity contribution in [2.45, 2.75) is 6.92 Å². The fourth-order valence-electron chi connectivity index (χ4n) is 4.30. The van der Waals surface area contributed by atoms with Crippen molar-refractivity contribution in [2.24, 2.45) is 35.5 Å². The Morgan fingerprint density at radius 2 is 2.33 bits per heavy atom. The fourth-order valence-corrected chi connectivity index (χ4v) is 4.30. The third-order valence-corrected chi connectivity index (χ3v) is 4.85. The van der Waals surface area contributed by atoms with Gasteiger partial charge >= 0.3 is 0 Å². The maximum Gasteiger partial charge on any atom is 0.00205 e. The predicted molar refractivity (Wildman–Crippen MR) is 47.6 cm³/mol. The molecule has 0 amide bonds. The van der Waals surface area contributed by atoms with E-state index < -0.39 is 0 Å². The van der Waals surface area contributed by atoms with Gasteiger partial charge in [-0.15, -0.1) is 0 Å². The van der Waals surface area contributed by atoms with E-state index in [0.717, 1.165) is 35.5 Å². The Morgan fingerprint density at radius 1 is 1.42 bits per heavy atom. The van der Waals surface area contributed by atoms with Crippen molar-refractivity contribution in [1.29, 1.82) is 0 Å². The third-order valence-electron chi connectivity index (χ3n) is 4.85. The van der Waals surface area contributed by atoms with Crippen LogP contribution in [0.3, 0.4) is 0 Å². The highest BCUT2D eigenvalue weighted by molar-refractivity contribution is 5.39. The molecule has 3 aliphatic carbocycles. The molecule has 0 aromatic carbocycles. The Balaban J connectivity index is 1.79. The van der Waals surface area contributed by atoms with Gasteiger partial charge in [-0.2, -0.15) is 0 Å². The molecule has 0 aromatic heterocycles. The van der Waals surface area contributed by atoms with E-state index in [4.69, 9.17) is 0 Å². The van der Waals surface area contributed by atoms with E-state index in [9.17, 15) is 0 Å². The average molecular weight is 161 g/mol. The Hall–Kier alpha value is -0.300. The van der Waals surface area contributed by atoms with Gasteiger partial charge in [0, 0.05) is 6.54 Å². The minimum atomic E-state index is 0.959. The van der Waals surface area contributed by atoms with Crippen molar-refractivity contribution < 1.29 is 0 Å². The van der Waals surface area contributed by atoms with E-state index in [2.05, 4.69) is 18.3 Å². The van der Waals surface area contributed by atoms with Gasteiger partial charge in [0.05, 0.1) is 0 Å². The lowest BCUT2D eigenvalue weighted by Gasteiger charge is -2.22. The van der Waals surface area contributed by atoms with E-state index in [0.29, 0.717) is 0 Å². The third kappa shape index (κ3) is 0.466. The maximum absolute atomic E-state index is 3.54. The summed E-state index contributed by atoms with van der Waals surface area (Å²) >= 11 is 0. The molecule has 1 unspecified atom stereocenters. The predicted octanol–water partition coefficient (Wildman–Crippen LogP) is 1.27. The first-order valence-electron chi connectivity index (χ1n) is 5.30. The number of fused-ring (bicyclic) bond motifs is 7. The normalized spacial score (nSPS) is 64.6. The lowest BCUT2D eigenvalue weighted by atomic mass is 9.81. The Morgan fingerprint density at radius 3 is 3.25 bits per heavy atom. The highest BCUT2D eigenvalue weighted by Crippen LogP contribution is 2.69. The van der Waals surface area contributed by atoms with Crippen LogP contribution in [0.2, 0.25) is 0 Å². The molecule has 1 N–H and O–H groups in total. The molecule has 1 saturated carbocycles. The number of allylic oxidation sites excluding steroid dienone is 1. The van der Waals surface area contributed by atoms with Crippen LogP contribution in [0.25, 0.3) is 0 Å². The summed E-state index contributed by atoms with van der Waals surface area (Å²) in [5, 5.41) is 3.54. The van der Waals surface area contributed by atoms with Gasteiger partial charge in [-0.1, -0.05) is 18.6 Å². The van der Waals surface area contributed by atoms with E-state index in [1.165, 1.54) is 13.1 Å². The van der Waals surface area contributed by atoms with Gasteiger partial charge in [0.1, 0.15) is 0 Å². The molecule has 4 rings (SSSR count). The van der Waals surface area contributed by atoms with Crippen LogP contribution in [-0.4, -0.2) is 13.1 Å². The molecular weight excluding hydrogens is 146 g/mol. The summed E-state index contributed by atoms with van der Waals surface area (Å²) in [6, 6.07) is 0. The molecule has 1 aliphatic heterocycles. The molecular formula is C11H15N. The minimum Gasteiger partial charge on any atom is -0.316 e. The zero-order valence-corrected chi connectivity index (χ0v) is 7.46. The van der Waals surface area contributed by atoms with Crippen molar-refractivity contribution >= 4 is 0 Å². The van der Waals surface area contributed by atoms with Gasteiger partial charge in [-0.05, 0) is 42.1 Å². The zero-order chi connectivity index (χ0) is 7.87.